The lowest BCUT2D eigenvalue weighted by Gasteiger charge is -2.27. The molecule has 2 aliphatic rings. The van der Waals surface area contributed by atoms with Crippen LogP contribution in [0.15, 0.2) is 0 Å². The third-order valence-electron chi connectivity index (χ3n) is 3.48. The van der Waals surface area contributed by atoms with E-state index in [0.717, 1.165) is 42.9 Å². The Morgan fingerprint density at radius 2 is 2.00 bits per heavy atom. The highest BCUT2D eigenvalue weighted by Gasteiger charge is 2.31. The predicted molar refractivity (Wildman–Crippen MR) is 67.8 cm³/mol. The van der Waals surface area contributed by atoms with Crippen LogP contribution in [-0.2, 0) is 17.3 Å². The Labute approximate surface area is 104 Å². The van der Waals surface area contributed by atoms with E-state index in [4.69, 9.17) is 0 Å². The van der Waals surface area contributed by atoms with E-state index in [-0.39, 0.29) is 0 Å². The van der Waals surface area contributed by atoms with Crippen molar-refractivity contribution in [1.82, 2.24) is 14.8 Å². The first-order chi connectivity index (χ1) is 8.29. The topological polar surface area (TPSA) is 51.0 Å². The monoisotopic (exact) mass is 254 g/mol. The fourth-order valence-corrected chi connectivity index (χ4v) is 3.38. The average molecular weight is 254 g/mol. The molecule has 0 N–H and O–H groups in total. The molecule has 2 fully saturated rings. The van der Waals surface area contributed by atoms with Gasteiger partial charge in [-0.3, -0.25) is 8.78 Å². The van der Waals surface area contributed by atoms with Crippen LogP contribution < -0.4 is 4.90 Å². The summed E-state index contributed by atoms with van der Waals surface area (Å²) in [6.45, 7) is 4.75. The van der Waals surface area contributed by atoms with E-state index >= 15 is 0 Å². The molecule has 17 heavy (non-hydrogen) atoms. The normalized spacial score (nSPS) is 22.1. The first-order valence-electron chi connectivity index (χ1n) is 6.32. The van der Waals surface area contributed by atoms with Crippen LogP contribution >= 0.6 is 0 Å². The molecule has 0 amide bonds. The van der Waals surface area contributed by atoms with Crippen LogP contribution in [0.5, 0.6) is 0 Å². The van der Waals surface area contributed by atoms with Gasteiger partial charge in [0.05, 0.1) is 0 Å². The van der Waals surface area contributed by atoms with Gasteiger partial charge in [-0.25, -0.2) is 0 Å². The summed E-state index contributed by atoms with van der Waals surface area (Å²) in [6, 6.07) is 0. The molecule has 1 aromatic heterocycles. The average Bonchev–Trinajstić information content (AvgIpc) is 3.10. The maximum atomic E-state index is 11.4. The van der Waals surface area contributed by atoms with Crippen molar-refractivity contribution in [2.24, 2.45) is 0 Å². The second kappa shape index (κ2) is 4.40. The highest BCUT2D eigenvalue weighted by atomic mass is 32.2. The Balaban J connectivity index is 1.84. The van der Waals surface area contributed by atoms with Crippen molar-refractivity contribution in [1.29, 1.82) is 0 Å². The number of aromatic nitrogens is 3. The molecule has 2 heterocycles. The molecule has 0 bridgehead atoms. The van der Waals surface area contributed by atoms with Gasteiger partial charge in [-0.15, -0.1) is 10.2 Å². The first-order valence-corrected chi connectivity index (χ1v) is 7.81. The van der Waals surface area contributed by atoms with Gasteiger partial charge in [0, 0.05) is 47.9 Å². The third-order valence-corrected chi connectivity index (χ3v) is 4.76. The molecule has 0 radical (unpaired) electrons. The minimum absolute atomic E-state index is 0.632. The summed E-state index contributed by atoms with van der Waals surface area (Å²) >= 11 is 0. The molecule has 1 saturated carbocycles. The minimum atomic E-state index is -0.632. The van der Waals surface area contributed by atoms with Crippen molar-refractivity contribution < 1.29 is 4.21 Å². The van der Waals surface area contributed by atoms with Crippen LogP contribution in [0, 0.1) is 0 Å². The molecular formula is C11H18N4OS. The fraction of sp³-hybridized carbons (Fsp3) is 0.818. The van der Waals surface area contributed by atoms with Gasteiger partial charge in [0.15, 0.2) is 0 Å². The van der Waals surface area contributed by atoms with Crippen LogP contribution in [0.4, 0.5) is 5.95 Å². The first kappa shape index (κ1) is 11.2. The molecule has 0 spiro atoms. The van der Waals surface area contributed by atoms with Crippen molar-refractivity contribution in [3.8, 4) is 0 Å². The van der Waals surface area contributed by atoms with E-state index in [1.54, 1.807) is 0 Å². The molecule has 1 aromatic rings. The van der Waals surface area contributed by atoms with Crippen LogP contribution in [0.2, 0.25) is 0 Å². The predicted octanol–water partition coefficient (Wildman–Crippen LogP) is 0.744. The number of nitrogens with zero attached hydrogens (tertiary/aromatic N) is 4. The Hall–Kier alpha value is -0.910. The lowest BCUT2D eigenvalue weighted by Crippen LogP contribution is -2.39. The van der Waals surface area contributed by atoms with Gasteiger partial charge < -0.3 is 4.90 Å². The number of hydrogen-bond donors (Lipinski definition) is 0. The smallest absolute Gasteiger partial charge is 0.227 e. The molecule has 3 rings (SSSR count). The van der Waals surface area contributed by atoms with E-state index in [9.17, 15) is 4.21 Å². The molecule has 1 aliphatic heterocycles. The van der Waals surface area contributed by atoms with Crippen molar-refractivity contribution in [2.75, 3.05) is 29.5 Å². The Morgan fingerprint density at radius 1 is 1.29 bits per heavy atom. The fourth-order valence-electron chi connectivity index (χ4n) is 2.33. The summed E-state index contributed by atoms with van der Waals surface area (Å²) in [5.74, 6) is 4.28. The van der Waals surface area contributed by atoms with Gasteiger partial charge in [0.2, 0.25) is 5.95 Å². The van der Waals surface area contributed by atoms with Crippen molar-refractivity contribution in [2.45, 2.75) is 32.2 Å². The number of rotatable bonds is 3. The highest BCUT2D eigenvalue weighted by molar-refractivity contribution is 7.85. The zero-order chi connectivity index (χ0) is 11.8. The van der Waals surface area contributed by atoms with Crippen LogP contribution in [-0.4, -0.2) is 43.6 Å². The zero-order valence-electron chi connectivity index (χ0n) is 10.1. The molecule has 0 aromatic carbocycles. The molecule has 6 heteroatoms. The standard InChI is InChI=1S/C11H18N4OS/c1-2-15-10(9-3-4-9)12-13-11(15)14-5-7-17(16)8-6-14/h9H,2-8H2,1H3. The summed E-state index contributed by atoms with van der Waals surface area (Å²) < 4.78 is 13.6. The van der Waals surface area contributed by atoms with E-state index in [1.807, 2.05) is 0 Å². The van der Waals surface area contributed by atoms with Gasteiger partial charge in [0.1, 0.15) is 5.82 Å². The molecule has 0 unspecified atom stereocenters. The third kappa shape index (κ3) is 2.10. The van der Waals surface area contributed by atoms with E-state index in [2.05, 4.69) is 26.6 Å². The largest absolute Gasteiger partial charge is 0.339 e. The van der Waals surface area contributed by atoms with Gasteiger partial charge in [0.25, 0.3) is 0 Å². The Morgan fingerprint density at radius 3 is 2.59 bits per heavy atom. The summed E-state index contributed by atoms with van der Waals surface area (Å²) in [4.78, 5) is 2.23. The maximum absolute atomic E-state index is 11.4. The molecular weight excluding hydrogens is 236 g/mol. The maximum Gasteiger partial charge on any atom is 0.227 e. The van der Waals surface area contributed by atoms with Crippen molar-refractivity contribution in [3.05, 3.63) is 5.82 Å². The number of hydrogen-bond acceptors (Lipinski definition) is 4. The van der Waals surface area contributed by atoms with Gasteiger partial charge in [-0.05, 0) is 19.8 Å². The van der Waals surface area contributed by atoms with E-state index in [1.165, 1.54) is 12.8 Å². The van der Waals surface area contributed by atoms with Gasteiger partial charge in [-0.1, -0.05) is 0 Å². The van der Waals surface area contributed by atoms with Crippen LogP contribution in [0.3, 0.4) is 0 Å². The lowest BCUT2D eigenvalue weighted by atomic mass is 10.4. The highest BCUT2D eigenvalue weighted by Crippen LogP contribution is 2.40. The van der Waals surface area contributed by atoms with E-state index in [0.29, 0.717) is 5.92 Å². The minimum Gasteiger partial charge on any atom is -0.339 e. The SMILES string of the molecule is CCn1c(C2CC2)nnc1N1CCS(=O)CC1. The lowest BCUT2D eigenvalue weighted by molar-refractivity contribution is 0.655. The second-order valence-corrected chi connectivity index (χ2v) is 6.41. The second-order valence-electron chi connectivity index (χ2n) is 4.71. The quantitative estimate of drug-likeness (QED) is 0.798. The van der Waals surface area contributed by atoms with Gasteiger partial charge >= 0.3 is 0 Å². The van der Waals surface area contributed by atoms with Gasteiger partial charge in [-0.2, -0.15) is 0 Å². The summed E-state index contributed by atoms with van der Waals surface area (Å²) in [6.07, 6.45) is 2.50. The van der Waals surface area contributed by atoms with Crippen molar-refractivity contribution in [3.63, 3.8) is 0 Å². The summed E-state index contributed by atoms with van der Waals surface area (Å²) in [5.41, 5.74) is 0. The zero-order valence-corrected chi connectivity index (χ0v) is 10.9. The molecule has 1 aliphatic carbocycles. The van der Waals surface area contributed by atoms with Crippen molar-refractivity contribution >= 4 is 16.7 Å². The van der Waals surface area contributed by atoms with Crippen LogP contribution in [0.1, 0.15) is 31.5 Å². The Bertz CT molecular complexity index is 431. The molecule has 5 nitrogen and oxygen atoms in total. The molecule has 1 saturated heterocycles. The van der Waals surface area contributed by atoms with E-state index < -0.39 is 10.8 Å². The van der Waals surface area contributed by atoms with Crippen LogP contribution in [0.25, 0.3) is 0 Å². The summed E-state index contributed by atoms with van der Waals surface area (Å²) in [7, 11) is -0.632. The number of anilines is 1. The summed E-state index contributed by atoms with van der Waals surface area (Å²) in [5, 5.41) is 8.68. The Kier molecular flexibility index (Phi) is 2.90. The molecule has 94 valence electrons. The molecule has 0 atom stereocenters.